The Hall–Kier alpha value is -1.06. The summed E-state index contributed by atoms with van der Waals surface area (Å²) in [5, 5.41) is 0. The van der Waals surface area contributed by atoms with Gasteiger partial charge in [0, 0.05) is 24.2 Å². The number of epoxide rings is 1. The molecule has 1 aromatic carbocycles. The van der Waals surface area contributed by atoms with Gasteiger partial charge in [0.15, 0.2) is 6.29 Å². The fraction of sp³-hybridized carbons (Fsp3) is 0.600. The fourth-order valence-electron chi connectivity index (χ4n) is 3.01. The van der Waals surface area contributed by atoms with Crippen LogP contribution in [-0.4, -0.2) is 19.5 Å². The number of rotatable bonds is 4. The van der Waals surface area contributed by atoms with Crippen molar-refractivity contribution in [3.63, 3.8) is 0 Å². The molecule has 1 saturated heterocycles. The van der Waals surface area contributed by atoms with Crippen LogP contribution in [0.1, 0.15) is 49.8 Å². The Morgan fingerprint density at radius 2 is 1.94 bits per heavy atom. The van der Waals surface area contributed by atoms with Gasteiger partial charge in [-0.3, -0.25) is 0 Å². The molecule has 0 radical (unpaired) electrons. The second-order valence-corrected chi connectivity index (χ2v) is 5.01. The minimum atomic E-state index is -0.0964. The monoisotopic (exact) mass is 248 g/mol. The molecule has 3 nitrogen and oxygen atoms in total. The minimum absolute atomic E-state index is 0.0538. The molecule has 2 heterocycles. The largest absolute Gasteiger partial charge is 0.489 e. The first kappa shape index (κ1) is 12.0. The molecule has 0 amide bonds. The van der Waals surface area contributed by atoms with Crippen LogP contribution in [0.25, 0.3) is 0 Å². The standard InChI is InChI=1S/C15H20O3/c1-4-9-10-7-6-8-11(14-15(16-3)18-14)13(10)17-12(9)5-2/h6-9,12,14-15H,4-5H2,1-3H3. The SMILES string of the molecule is CCC1Oc2c(cccc2C2OC2OC)C1CC. The zero-order valence-corrected chi connectivity index (χ0v) is 11.2. The summed E-state index contributed by atoms with van der Waals surface area (Å²) < 4.78 is 16.9. The summed E-state index contributed by atoms with van der Waals surface area (Å²) in [6.07, 6.45) is 2.44. The predicted octanol–water partition coefficient (Wildman–Crippen LogP) is 3.40. The summed E-state index contributed by atoms with van der Waals surface area (Å²) >= 11 is 0. The zero-order valence-electron chi connectivity index (χ0n) is 11.2. The van der Waals surface area contributed by atoms with Crippen LogP contribution < -0.4 is 4.74 Å². The molecule has 3 heteroatoms. The van der Waals surface area contributed by atoms with Crippen molar-refractivity contribution in [2.45, 2.75) is 51.1 Å². The molecule has 0 N–H and O–H groups in total. The lowest BCUT2D eigenvalue weighted by molar-refractivity contribution is 0.0950. The maximum Gasteiger partial charge on any atom is 0.188 e. The van der Waals surface area contributed by atoms with E-state index in [4.69, 9.17) is 14.2 Å². The summed E-state index contributed by atoms with van der Waals surface area (Å²) in [7, 11) is 1.68. The molecule has 0 aliphatic carbocycles. The molecule has 1 aromatic rings. The van der Waals surface area contributed by atoms with E-state index in [2.05, 4.69) is 32.0 Å². The molecule has 1 fully saturated rings. The van der Waals surface area contributed by atoms with Gasteiger partial charge in [-0.2, -0.15) is 0 Å². The molecule has 0 spiro atoms. The van der Waals surface area contributed by atoms with Crippen LogP contribution in [0.15, 0.2) is 18.2 Å². The van der Waals surface area contributed by atoms with Gasteiger partial charge in [0.05, 0.1) is 0 Å². The first-order valence-electron chi connectivity index (χ1n) is 6.77. The van der Waals surface area contributed by atoms with Gasteiger partial charge >= 0.3 is 0 Å². The van der Waals surface area contributed by atoms with E-state index in [0.717, 1.165) is 24.2 Å². The number of fused-ring (bicyclic) bond motifs is 1. The highest BCUT2D eigenvalue weighted by Gasteiger charge is 2.45. The smallest absolute Gasteiger partial charge is 0.188 e. The van der Waals surface area contributed by atoms with Gasteiger partial charge in [-0.15, -0.1) is 0 Å². The molecule has 98 valence electrons. The first-order chi connectivity index (χ1) is 8.80. The molecule has 4 atom stereocenters. The topological polar surface area (TPSA) is 31.0 Å². The van der Waals surface area contributed by atoms with Crippen LogP contribution in [0.3, 0.4) is 0 Å². The van der Waals surface area contributed by atoms with Crippen molar-refractivity contribution in [1.82, 2.24) is 0 Å². The number of hydrogen-bond donors (Lipinski definition) is 0. The highest BCUT2D eigenvalue weighted by atomic mass is 16.8. The third-order valence-corrected chi connectivity index (χ3v) is 4.03. The highest BCUT2D eigenvalue weighted by molar-refractivity contribution is 5.49. The van der Waals surface area contributed by atoms with E-state index >= 15 is 0 Å². The van der Waals surface area contributed by atoms with Crippen molar-refractivity contribution in [3.05, 3.63) is 29.3 Å². The van der Waals surface area contributed by atoms with Crippen LogP contribution in [-0.2, 0) is 9.47 Å². The minimum Gasteiger partial charge on any atom is -0.489 e. The lowest BCUT2D eigenvalue weighted by Crippen LogP contribution is -2.16. The van der Waals surface area contributed by atoms with Gasteiger partial charge in [-0.25, -0.2) is 0 Å². The molecule has 3 rings (SSSR count). The summed E-state index contributed by atoms with van der Waals surface area (Å²) in [6.45, 7) is 4.41. The predicted molar refractivity (Wildman–Crippen MR) is 68.8 cm³/mol. The third-order valence-electron chi connectivity index (χ3n) is 4.03. The van der Waals surface area contributed by atoms with Crippen molar-refractivity contribution >= 4 is 0 Å². The van der Waals surface area contributed by atoms with Crippen LogP contribution >= 0.6 is 0 Å². The first-order valence-corrected chi connectivity index (χ1v) is 6.77. The van der Waals surface area contributed by atoms with Crippen molar-refractivity contribution in [3.8, 4) is 5.75 Å². The number of ether oxygens (including phenoxy) is 3. The fourth-order valence-corrected chi connectivity index (χ4v) is 3.01. The second kappa shape index (κ2) is 4.56. The average Bonchev–Trinajstić information content (AvgIpc) is 3.10. The van der Waals surface area contributed by atoms with E-state index < -0.39 is 0 Å². The van der Waals surface area contributed by atoms with E-state index in [1.165, 1.54) is 5.56 Å². The molecule has 0 bridgehead atoms. The number of methoxy groups -OCH3 is 1. The number of hydrogen-bond acceptors (Lipinski definition) is 3. The lowest BCUT2D eigenvalue weighted by Gasteiger charge is -2.15. The van der Waals surface area contributed by atoms with Crippen LogP contribution in [0.5, 0.6) is 5.75 Å². The van der Waals surface area contributed by atoms with E-state index in [0.29, 0.717) is 12.0 Å². The molecular weight excluding hydrogens is 228 g/mol. The number of benzene rings is 1. The van der Waals surface area contributed by atoms with Crippen LogP contribution in [0.2, 0.25) is 0 Å². The average molecular weight is 248 g/mol. The maximum absolute atomic E-state index is 6.15. The van der Waals surface area contributed by atoms with Gasteiger partial charge in [0.2, 0.25) is 0 Å². The Morgan fingerprint density at radius 3 is 2.56 bits per heavy atom. The zero-order chi connectivity index (χ0) is 12.7. The van der Waals surface area contributed by atoms with Gasteiger partial charge < -0.3 is 14.2 Å². The van der Waals surface area contributed by atoms with Gasteiger partial charge in [-0.1, -0.05) is 32.0 Å². The molecule has 2 aliphatic rings. The van der Waals surface area contributed by atoms with Crippen LogP contribution in [0.4, 0.5) is 0 Å². The summed E-state index contributed by atoms with van der Waals surface area (Å²) in [5.74, 6) is 1.56. The maximum atomic E-state index is 6.15. The molecule has 18 heavy (non-hydrogen) atoms. The molecule has 0 aromatic heterocycles. The Labute approximate surface area is 108 Å². The van der Waals surface area contributed by atoms with E-state index in [1.807, 2.05) is 0 Å². The van der Waals surface area contributed by atoms with Gasteiger partial charge in [0.25, 0.3) is 0 Å². The second-order valence-electron chi connectivity index (χ2n) is 5.01. The molecular formula is C15H20O3. The lowest BCUT2D eigenvalue weighted by atomic mass is 9.90. The highest BCUT2D eigenvalue weighted by Crippen LogP contribution is 2.50. The quantitative estimate of drug-likeness (QED) is 0.765. The van der Waals surface area contributed by atoms with E-state index in [9.17, 15) is 0 Å². The van der Waals surface area contributed by atoms with E-state index in [1.54, 1.807) is 7.11 Å². The summed E-state index contributed by atoms with van der Waals surface area (Å²) in [4.78, 5) is 0. The summed E-state index contributed by atoms with van der Waals surface area (Å²) in [6, 6.07) is 6.38. The normalized spacial score (nSPS) is 33.1. The molecule has 4 unspecified atom stereocenters. The number of para-hydroxylation sites is 1. The van der Waals surface area contributed by atoms with Gasteiger partial charge in [-0.05, 0) is 12.8 Å². The van der Waals surface area contributed by atoms with Gasteiger partial charge in [0.1, 0.15) is 18.0 Å². The Balaban J connectivity index is 1.94. The molecule has 0 saturated carbocycles. The Kier molecular flexibility index (Phi) is 3.04. The van der Waals surface area contributed by atoms with E-state index in [-0.39, 0.29) is 12.4 Å². The van der Waals surface area contributed by atoms with Crippen LogP contribution in [0, 0.1) is 0 Å². The third kappa shape index (κ3) is 1.73. The van der Waals surface area contributed by atoms with Crippen molar-refractivity contribution in [2.75, 3.05) is 7.11 Å². The Bertz CT molecular complexity index is 443. The summed E-state index contributed by atoms with van der Waals surface area (Å²) in [5.41, 5.74) is 2.49. The Morgan fingerprint density at radius 1 is 1.17 bits per heavy atom. The van der Waals surface area contributed by atoms with Crippen molar-refractivity contribution in [1.29, 1.82) is 0 Å². The van der Waals surface area contributed by atoms with Crippen molar-refractivity contribution in [2.24, 2.45) is 0 Å². The van der Waals surface area contributed by atoms with Crippen molar-refractivity contribution < 1.29 is 14.2 Å². The molecule has 2 aliphatic heterocycles.